The van der Waals surface area contributed by atoms with E-state index in [0.717, 1.165) is 10.0 Å². The first kappa shape index (κ1) is 13.1. The van der Waals surface area contributed by atoms with Crippen molar-refractivity contribution in [3.05, 3.63) is 39.5 Å². The number of methoxy groups -OCH3 is 1. The molecule has 2 aromatic rings. The fraction of sp³-hybridized carbons (Fsp3) is 0.167. The van der Waals surface area contributed by atoms with Crippen LogP contribution in [0.15, 0.2) is 28.9 Å². The lowest BCUT2D eigenvalue weighted by molar-refractivity contribution is 0.366. The van der Waals surface area contributed by atoms with Crippen molar-refractivity contribution in [2.45, 2.75) is 6.92 Å². The molecule has 2 rings (SSSR count). The van der Waals surface area contributed by atoms with Crippen molar-refractivity contribution in [1.29, 1.82) is 0 Å². The van der Waals surface area contributed by atoms with Crippen LogP contribution in [-0.4, -0.2) is 17.1 Å². The molecule has 1 aromatic carbocycles. The number of rotatable bonds is 3. The number of halogens is 2. The van der Waals surface area contributed by atoms with Crippen molar-refractivity contribution in [3.8, 4) is 17.6 Å². The molecule has 4 nitrogen and oxygen atoms in total. The van der Waals surface area contributed by atoms with Crippen molar-refractivity contribution in [3.63, 3.8) is 0 Å². The van der Waals surface area contributed by atoms with Crippen LogP contribution in [0.3, 0.4) is 0 Å². The molecule has 0 saturated carbocycles. The second kappa shape index (κ2) is 5.54. The number of hydrogen-bond donors (Lipinski definition) is 0. The van der Waals surface area contributed by atoms with Gasteiger partial charge in [0, 0.05) is 0 Å². The van der Waals surface area contributed by atoms with Crippen molar-refractivity contribution in [2.75, 3.05) is 7.11 Å². The standard InChI is InChI=1S/C12H10BrClN2O2/c1-7-3-4-10(8(13)5-7)18-11-9(14)6-15-12(16-11)17-2/h3-6H,1-2H3. The molecule has 0 bridgehead atoms. The minimum Gasteiger partial charge on any atom is -0.467 e. The highest BCUT2D eigenvalue weighted by Gasteiger charge is 2.10. The summed E-state index contributed by atoms with van der Waals surface area (Å²) in [6.07, 6.45) is 1.44. The van der Waals surface area contributed by atoms with Gasteiger partial charge in [0.15, 0.2) is 0 Å². The Morgan fingerprint density at radius 2 is 2.11 bits per heavy atom. The second-order valence-electron chi connectivity index (χ2n) is 3.55. The number of benzene rings is 1. The van der Waals surface area contributed by atoms with Crippen LogP contribution in [0.5, 0.6) is 17.6 Å². The van der Waals surface area contributed by atoms with Gasteiger partial charge in [-0.2, -0.15) is 4.98 Å². The number of hydrogen-bond acceptors (Lipinski definition) is 4. The highest BCUT2D eigenvalue weighted by atomic mass is 79.9. The number of ether oxygens (including phenoxy) is 2. The Balaban J connectivity index is 2.33. The van der Waals surface area contributed by atoms with E-state index in [-0.39, 0.29) is 11.9 Å². The van der Waals surface area contributed by atoms with E-state index < -0.39 is 0 Å². The fourth-order valence-electron chi connectivity index (χ4n) is 1.30. The average Bonchev–Trinajstić information content (AvgIpc) is 2.35. The summed E-state index contributed by atoms with van der Waals surface area (Å²) >= 11 is 9.39. The van der Waals surface area contributed by atoms with E-state index in [1.54, 1.807) is 0 Å². The van der Waals surface area contributed by atoms with Gasteiger partial charge in [0.2, 0.25) is 5.88 Å². The minimum atomic E-state index is 0.206. The number of nitrogens with zero attached hydrogens (tertiary/aromatic N) is 2. The lowest BCUT2D eigenvalue weighted by Gasteiger charge is -2.09. The van der Waals surface area contributed by atoms with Crippen LogP contribution in [-0.2, 0) is 0 Å². The van der Waals surface area contributed by atoms with Gasteiger partial charge in [-0.15, -0.1) is 0 Å². The molecule has 0 atom stereocenters. The Morgan fingerprint density at radius 3 is 2.78 bits per heavy atom. The number of aromatic nitrogens is 2. The highest BCUT2D eigenvalue weighted by molar-refractivity contribution is 9.10. The third-order valence-corrected chi connectivity index (χ3v) is 3.05. The average molecular weight is 330 g/mol. The van der Waals surface area contributed by atoms with Crippen LogP contribution in [0.2, 0.25) is 5.02 Å². The normalized spacial score (nSPS) is 10.2. The van der Waals surface area contributed by atoms with Gasteiger partial charge in [-0.25, -0.2) is 4.98 Å². The molecular weight excluding hydrogens is 320 g/mol. The predicted octanol–water partition coefficient (Wildman–Crippen LogP) is 4.00. The first-order valence-corrected chi connectivity index (χ1v) is 6.28. The molecule has 0 saturated heterocycles. The minimum absolute atomic E-state index is 0.206. The molecule has 1 heterocycles. The van der Waals surface area contributed by atoms with E-state index in [4.69, 9.17) is 21.1 Å². The molecule has 0 N–H and O–H groups in total. The van der Waals surface area contributed by atoms with Crippen LogP contribution in [0, 0.1) is 6.92 Å². The smallest absolute Gasteiger partial charge is 0.319 e. The van der Waals surface area contributed by atoms with Gasteiger partial charge in [-0.3, -0.25) is 0 Å². The second-order valence-corrected chi connectivity index (χ2v) is 4.81. The molecule has 94 valence electrons. The summed E-state index contributed by atoms with van der Waals surface area (Å²) in [6.45, 7) is 2.00. The first-order chi connectivity index (χ1) is 8.60. The Bertz CT molecular complexity index is 578. The molecule has 0 aliphatic heterocycles. The topological polar surface area (TPSA) is 44.2 Å². The Hall–Kier alpha value is -1.33. The zero-order valence-corrected chi connectivity index (χ0v) is 12.1. The van der Waals surface area contributed by atoms with Crippen LogP contribution >= 0.6 is 27.5 Å². The van der Waals surface area contributed by atoms with Crippen LogP contribution in [0.1, 0.15) is 5.56 Å². The lowest BCUT2D eigenvalue weighted by Crippen LogP contribution is -1.96. The monoisotopic (exact) mass is 328 g/mol. The van der Waals surface area contributed by atoms with Crippen LogP contribution in [0.4, 0.5) is 0 Å². The zero-order valence-electron chi connectivity index (χ0n) is 9.78. The van der Waals surface area contributed by atoms with Crippen LogP contribution < -0.4 is 9.47 Å². The van der Waals surface area contributed by atoms with Crippen molar-refractivity contribution < 1.29 is 9.47 Å². The molecule has 0 aliphatic rings. The van der Waals surface area contributed by atoms with Crippen molar-refractivity contribution in [1.82, 2.24) is 9.97 Å². The molecule has 18 heavy (non-hydrogen) atoms. The van der Waals surface area contributed by atoms with Crippen LogP contribution in [0.25, 0.3) is 0 Å². The van der Waals surface area contributed by atoms with Gasteiger partial charge >= 0.3 is 6.01 Å². The zero-order chi connectivity index (χ0) is 13.1. The van der Waals surface area contributed by atoms with E-state index in [9.17, 15) is 0 Å². The van der Waals surface area contributed by atoms with Gasteiger partial charge in [-0.1, -0.05) is 17.7 Å². The molecule has 0 radical (unpaired) electrons. The van der Waals surface area contributed by atoms with Gasteiger partial charge in [0.05, 0.1) is 17.8 Å². The summed E-state index contributed by atoms with van der Waals surface area (Å²) in [5.74, 6) is 0.885. The fourth-order valence-corrected chi connectivity index (χ4v) is 2.00. The number of aryl methyl sites for hydroxylation is 1. The summed E-state index contributed by atoms with van der Waals surface area (Å²) < 4.78 is 11.4. The molecule has 0 aliphatic carbocycles. The Labute approximate surface area is 118 Å². The quantitative estimate of drug-likeness (QED) is 0.853. The molecule has 0 spiro atoms. The largest absolute Gasteiger partial charge is 0.467 e. The first-order valence-electron chi connectivity index (χ1n) is 5.10. The maximum Gasteiger partial charge on any atom is 0.319 e. The van der Waals surface area contributed by atoms with Crippen molar-refractivity contribution >= 4 is 27.5 Å². The van der Waals surface area contributed by atoms with Gasteiger partial charge < -0.3 is 9.47 Å². The van der Waals surface area contributed by atoms with E-state index in [1.165, 1.54) is 13.3 Å². The summed E-state index contributed by atoms with van der Waals surface area (Å²) in [5.41, 5.74) is 1.13. The van der Waals surface area contributed by atoms with Gasteiger partial charge in [0.25, 0.3) is 0 Å². The molecule has 0 amide bonds. The summed E-state index contributed by atoms with van der Waals surface area (Å²) in [4.78, 5) is 7.92. The van der Waals surface area contributed by atoms with E-state index >= 15 is 0 Å². The Kier molecular flexibility index (Phi) is 4.04. The Morgan fingerprint density at radius 1 is 1.33 bits per heavy atom. The molecule has 1 aromatic heterocycles. The predicted molar refractivity (Wildman–Crippen MR) is 72.5 cm³/mol. The van der Waals surface area contributed by atoms with E-state index in [0.29, 0.717) is 10.8 Å². The summed E-state index contributed by atoms with van der Waals surface area (Å²) in [5, 5.41) is 0.322. The molecule has 0 fully saturated rings. The third kappa shape index (κ3) is 2.91. The highest BCUT2D eigenvalue weighted by Crippen LogP contribution is 2.33. The maximum absolute atomic E-state index is 5.97. The molecule has 6 heteroatoms. The van der Waals surface area contributed by atoms with E-state index in [1.807, 2.05) is 25.1 Å². The molecular formula is C12H10BrClN2O2. The summed E-state index contributed by atoms with van der Waals surface area (Å²) in [6, 6.07) is 5.93. The third-order valence-electron chi connectivity index (χ3n) is 2.17. The SMILES string of the molecule is COc1ncc(Cl)c(Oc2ccc(C)cc2Br)n1. The van der Waals surface area contributed by atoms with E-state index in [2.05, 4.69) is 25.9 Å². The van der Waals surface area contributed by atoms with Gasteiger partial charge in [-0.05, 0) is 40.5 Å². The molecule has 0 unspecified atom stereocenters. The maximum atomic E-state index is 5.97. The summed E-state index contributed by atoms with van der Waals surface area (Å²) in [7, 11) is 1.48. The van der Waals surface area contributed by atoms with Crippen molar-refractivity contribution in [2.24, 2.45) is 0 Å². The lowest BCUT2D eigenvalue weighted by atomic mass is 10.2. The van der Waals surface area contributed by atoms with Gasteiger partial charge in [0.1, 0.15) is 10.8 Å².